The molecule has 0 saturated heterocycles. The molecule has 0 spiro atoms. The molecule has 0 radical (unpaired) electrons. The van der Waals surface area contributed by atoms with Gasteiger partial charge in [-0.15, -0.1) is 0 Å². The zero-order valence-corrected chi connectivity index (χ0v) is 13.2. The minimum absolute atomic E-state index is 0.0168. The van der Waals surface area contributed by atoms with Gasteiger partial charge in [-0.1, -0.05) is 11.6 Å². The van der Waals surface area contributed by atoms with Crippen LogP contribution in [0.15, 0.2) is 30.0 Å². The second-order valence-corrected chi connectivity index (χ2v) is 5.77. The summed E-state index contributed by atoms with van der Waals surface area (Å²) in [6, 6.07) is 6.71. The summed E-state index contributed by atoms with van der Waals surface area (Å²) in [6.45, 7) is 5.79. The topological polar surface area (TPSA) is 74.1 Å². The molecule has 0 heterocycles. The minimum Gasteiger partial charge on any atom is -0.495 e. The fourth-order valence-electron chi connectivity index (χ4n) is 1.38. The van der Waals surface area contributed by atoms with Gasteiger partial charge in [0.25, 0.3) is 5.91 Å². The Morgan fingerprint density at radius 2 is 2.10 bits per heavy atom. The molecule has 1 aromatic rings. The number of benzene rings is 1. The van der Waals surface area contributed by atoms with Gasteiger partial charge < -0.3 is 15.4 Å². The molecule has 21 heavy (non-hydrogen) atoms. The third-order valence-electron chi connectivity index (χ3n) is 2.42. The Kier molecular flexibility index (Phi) is 5.62. The molecule has 0 saturated carbocycles. The first-order valence-corrected chi connectivity index (χ1v) is 6.67. The van der Waals surface area contributed by atoms with Gasteiger partial charge in [0.15, 0.2) is 0 Å². The lowest BCUT2D eigenvalue weighted by atomic mass is 10.1. The molecule has 6 heteroatoms. The molecule has 0 unspecified atom stereocenters. The van der Waals surface area contributed by atoms with Crippen LogP contribution in [0.1, 0.15) is 20.8 Å². The number of amides is 1. The van der Waals surface area contributed by atoms with Crippen LogP contribution in [0.5, 0.6) is 5.75 Å². The largest absolute Gasteiger partial charge is 0.495 e. The highest BCUT2D eigenvalue weighted by Crippen LogP contribution is 2.27. The molecule has 5 nitrogen and oxygen atoms in total. The summed E-state index contributed by atoms with van der Waals surface area (Å²) < 4.78 is 5.03. The Labute approximate surface area is 129 Å². The molecule has 0 fully saturated rings. The highest BCUT2D eigenvalue weighted by molar-refractivity contribution is 6.32. The maximum atomic E-state index is 12.0. The van der Waals surface area contributed by atoms with Crippen LogP contribution in [-0.4, -0.2) is 18.6 Å². The van der Waals surface area contributed by atoms with Crippen LogP contribution in [-0.2, 0) is 4.79 Å². The van der Waals surface area contributed by atoms with E-state index in [-0.39, 0.29) is 11.1 Å². The standard InChI is InChI=1S/C15H18ClN3O2/c1-15(2,3)18-9-10(8-17)14(20)19-11-5-6-13(21-4)12(16)7-11/h5-7,9,18H,1-4H3,(H,19,20)/b10-9-. The molecular weight excluding hydrogens is 290 g/mol. The predicted molar refractivity (Wildman–Crippen MR) is 83.2 cm³/mol. The highest BCUT2D eigenvalue weighted by atomic mass is 35.5. The zero-order chi connectivity index (χ0) is 16.0. The first kappa shape index (κ1) is 16.9. The van der Waals surface area contributed by atoms with Crippen LogP contribution in [0.25, 0.3) is 0 Å². The van der Waals surface area contributed by atoms with Crippen molar-refractivity contribution in [1.29, 1.82) is 5.26 Å². The Bertz CT molecular complexity index is 598. The van der Waals surface area contributed by atoms with Crippen LogP contribution in [0.3, 0.4) is 0 Å². The van der Waals surface area contributed by atoms with Crippen LogP contribution in [0.4, 0.5) is 5.69 Å². The van der Waals surface area contributed by atoms with E-state index in [0.717, 1.165) is 0 Å². The number of methoxy groups -OCH3 is 1. The smallest absolute Gasteiger partial charge is 0.267 e. The van der Waals surface area contributed by atoms with Crippen LogP contribution >= 0.6 is 11.6 Å². The van der Waals surface area contributed by atoms with Crippen LogP contribution < -0.4 is 15.4 Å². The molecule has 1 rings (SSSR count). The van der Waals surface area contributed by atoms with Gasteiger partial charge in [-0.2, -0.15) is 5.26 Å². The van der Waals surface area contributed by atoms with Crippen molar-refractivity contribution in [2.75, 3.05) is 12.4 Å². The number of rotatable bonds is 4. The molecule has 0 aliphatic rings. The number of nitrogens with one attached hydrogen (secondary N) is 2. The van der Waals surface area contributed by atoms with Gasteiger partial charge in [-0.25, -0.2) is 0 Å². The van der Waals surface area contributed by atoms with E-state index in [2.05, 4.69) is 10.6 Å². The van der Waals surface area contributed by atoms with E-state index >= 15 is 0 Å². The lowest BCUT2D eigenvalue weighted by Crippen LogP contribution is -2.32. The normalized spacial score (nSPS) is 11.5. The average molecular weight is 308 g/mol. The van der Waals surface area contributed by atoms with Crippen molar-refractivity contribution in [2.45, 2.75) is 26.3 Å². The lowest BCUT2D eigenvalue weighted by molar-refractivity contribution is -0.112. The van der Waals surface area contributed by atoms with E-state index in [4.69, 9.17) is 21.6 Å². The summed E-state index contributed by atoms with van der Waals surface area (Å²) in [5.74, 6) is 0.00981. The molecule has 0 bridgehead atoms. The number of ether oxygens (including phenoxy) is 1. The summed E-state index contributed by atoms with van der Waals surface area (Å²) >= 11 is 5.98. The zero-order valence-electron chi connectivity index (χ0n) is 12.5. The Balaban J connectivity index is 2.84. The molecule has 1 amide bonds. The molecule has 112 valence electrons. The number of carbonyl (C=O) groups excluding carboxylic acids is 1. The summed E-state index contributed by atoms with van der Waals surface area (Å²) in [4.78, 5) is 12.0. The Morgan fingerprint density at radius 3 is 2.57 bits per heavy atom. The van der Waals surface area contributed by atoms with Gasteiger partial charge in [-0.05, 0) is 39.0 Å². The maximum Gasteiger partial charge on any atom is 0.267 e. The van der Waals surface area contributed by atoms with E-state index < -0.39 is 5.91 Å². The molecular formula is C15H18ClN3O2. The van der Waals surface area contributed by atoms with Crippen molar-refractivity contribution in [2.24, 2.45) is 0 Å². The van der Waals surface area contributed by atoms with E-state index in [1.807, 2.05) is 26.8 Å². The van der Waals surface area contributed by atoms with Crippen molar-refractivity contribution in [3.63, 3.8) is 0 Å². The van der Waals surface area contributed by atoms with E-state index in [1.54, 1.807) is 18.2 Å². The fourth-order valence-corrected chi connectivity index (χ4v) is 1.64. The SMILES string of the molecule is COc1ccc(NC(=O)/C(C#N)=C\NC(C)(C)C)cc1Cl. The van der Waals surface area contributed by atoms with E-state index in [1.165, 1.54) is 13.3 Å². The first-order chi connectivity index (χ1) is 9.76. The molecule has 0 aromatic heterocycles. The number of hydrogen-bond donors (Lipinski definition) is 2. The predicted octanol–water partition coefficient (Wildman–Crippen LogP) is 3.08. The lowest BCUT2D eigenvalue weighted by Gasteiger charge is -2.18. The Morgan fingerprint density at radius 1 is 1.43 bits per heavy atom. The van der Waals surface area contributed by atoms with Crippen LogP contribution in [0.2, 0.25) is 5.02 Å². The van der Waals surface area contributed by atoms with Gasteiger partial charge in [0.05, 0.1) is 12.1 Å². The van der Waals surface area contributed by atoms with E-state index in [9.17, 15) is 4.79 Å². The second-order valence-electron chi connectivity index (χ2n) is 5.37. The van der Waals surface area contributed by atoms with Gasteiger partial charge >= 0.3 is 0 Å². The van der Waals surface area contributed by atoms with Gasteiger partial charge in [0.1, 0.15) is 17.4 Å². The molecule has 0 aliphatic heterocycles. The number of hydrogen-bond acceptors (Lipinski definition) is 4. The third kappa shape index (κ3) is 5.36. The van der Waals surface area contributed by atoms with E-state index in [0.29, 0.717) is 16.5 Å². The molecule has 1 aromatic carbocycles. The molecule has 0 atom stereocenters. The molecule has 2 N–H and O–H groups in total. The van der Waals surface area contributed by atoms with Crippen molar-refractivity contribution in [3.05, 3.63) is 35.0 Å². The Hall–Kier alpha value is -2.19. The average Bonchev–Trinajstić information content (AvgIpc) is 2.38. The van der Waals surface area contributed by atoms with Crippen LogP contribution in [0, 0.1) is 11.3 Å². The number of halogens is 1. The van der Waals surface area contributed by atoms with Crippen molar-refractivity contribution in [3.8, 4) is 11.8 Å². The van der Waals surface area contributed by atoms with Crippen molar-refractivity contribution in [1.82, 2.24) is 5.32 Å². The number of nitrogens with zero attached hydrogens (tertiary/aromatic N) is 1. The maximum absolute atomic E-state index is 12.0. The summed E-state index contributed by atoms with van der Waals surface area (Å²) in [7, 11) is 1.51. The summed E-state index contributed by atoms with van der Waals surface area (Å²) in [5.41, 5.74) is 0.241. The first-order valence-electron chi connectivity index (χ1n) is 6.29. The monoisotopic (exact) mass is 307 g/mol. The summed E-state index contributed by atoms with van der Waals surface area (Å²) in [6.07, 6.45) is 1.40. The van der Waals surface area contributed by atoms with Gasteiger partial charge in [0, 0.05) is 17.4 Å². The number of nitriles is 1. The molecule has 0 aliphatic carbocycles. The third-order valence-corrected chi connectivity index (χ3v) is 2.72. The number of anilines is 1. The second kappa shape index (κ2) is 7.00. The number of carbonyl (C=O) groups is 1. The van der Waals surface area contributed by atoms with Crippen molar-refractivity contribution < 1.29 is 9.53 Å². The minimum atomic E-state index is -0.504. The van der Waals surface area contributed by atoms with Crippen molar-refractivity contribution >= 4 is 23.2 Å². The fraction of sp³-hybridized carbons (Fsp3) is 0.333. The van der Waals surface area contributed by atoms with Gasteiger partial charge in [0.2, 0.25) is 0 Å². The quantitative estimate of drug-likeness (QED) is 0.662. The summed E-state index contributed by atoms with van der Waals surface area (Å²) in [5, 5.41) is 15.0. The highest BCUT2D eigenvalue weighted by Gasteiger charge is 2.13. The van der Waals surface area contributed by atoms with Gasteiger partial charge in [-0.3, -0.25) is 4.79 Å².